The van der Waals surface area contributed by atoms with Gasteiger partial charge in [-0.2, -0.15) is 5.10 Å². The maximum atomic E-state index is 12.5. The van der Waals surface area contributed by atoms with Gasteiger partial charge in [0.1, 0.15) is 5.76 Å². The first-order chi connectivity index (χ1) is 12.8. The number of rotatable bonds is 5. The lowest BCUT2D eigenvalue weighted by Crippen LogP contribution is -2.19. The summed E-state index contributed by atoms with van der Waals surface area (Å²) in [4.78, 5) is 14.7. The summed E-state index contributed by atoms with van der Waals surface area (Å²) in [6, 6.07) is 15.0. The Morgan fingerprint density at radius 3 is 2.62 bits per heavy atom. The molecule has 6 nitrogen and oxygen atoms in total. The van der Waals surface area contributed by atoms with Crippen molar-refractivity contribution >= 4 is 18.0 Å². The van der Waals surface area contributed by atoms with E-state index >= 15 is 0 Å². The summed E-state index contributed by atoms with van der Waals surface area (Å²) in [5.74, 6) is 1.20. The molecule has 0 spiro atoms. The number of benzene rings is 1. The summed E-state index contributed by atoms with van der Waals surface area (Å²) in [5.41, 5.74) is 3.93. The number of hydrogen-bond acceptors (Lipinski definition) is 4. The number of nitrogens with zero attached hydrogens (tertiary/aromatic N) is 3. The van der Waals surface area contributed by atoms with Crippen LogP contribution in [-0.4, -0.2) is 29.8 Å². The lowest BCUT2D eigenvalue weighted by molar-refractivity contribution is 0.0955. The molecular weight excluding hydrogens is 328 g/mol. The topological polar surface area (TPSA) is 62.8 Å². The van der Waals surface area contributed by atoms with Crippen molar-refractivity contribution in [3.05, 3.63) is 72.2 Å². The molecule has 0 radical (unpaired) electrons. The fraction of sp³-hybridized carbons (Fsp3) is 0.200. The predicted molar refractivity (Wildman–Crippen MR) is 101 cm³/mol. The van der Waals surface area contributed by atoms with Crippen LogP contribution < -0.4 is 10.3 Å². The third-order valence-electron chi connectivity index (χ3n) is 4.42. The van der Waals surface area contributed by atoms with E-state index in [0.717, 1.165) is 24.7 Å². The van der Waals surface area contributed by atoms with Crippen molar-refractivity contribution in [2.45, 2.75) is 12.8 Å². The first kappa shape index (κ1) is 16.2. The Bertz CT molecular complexity index is 906. The van der Waals surface area contributed by atoms with Crippen LogP contribution >= 0.6 is 0 Å². The zero-order valence-electron chi connectivity index (χ0n) is 14.3. The Morgan fingerprint density at radius 1 is 1.04 bits per heavy atom. The number of amides is 1. The minimum absolute atomic E-state index is 0.267. The fourth-order valence-corrected chi connectivity index (χ4v) is 3.12. The van der Waals surface area contributed by atoms with Crippen molar-refractivity contribution in [3.8, 4) is 5.69 Å². The lowest BCUT2D eigenvalue weighted by Gasteiger charge is -2.12. The molecular formula is C20H20N4O2. The lowest BCUT2D eigenvalue weighted by atomic mass is 10.1. The Balaban J connectivity index is 1.44. The zero-order chi connectivity index (χ0) is 17.8. The number of carbonyl (C=O) groups excluding carboxylic acids is 1. The molecule has 1 fully saturated rings. The number of aromatic nitrogens is 1. The third kappa shape index (κ3) is 3.39. The summed E-state index contributed by atoms with van der Waals surface area (Å²) < 4.78 is 7.66. The molecule has 3 aromatic rings. The first-order valence-corrected chi connectivity index (χ1v) is 8.72. The number of nitrogens with one attached hydrogen (secondary N) is 1. The molecule has 0 atom stereocenters. The second kappa shape index (κ2) is 7.31. The molecule has 1 saturated heterocycles. The van der Waals surface area contributed by atoms with Crippen molar-refractivity contribution in [3.63, 3.8) is 0 Å². The van der Waals surface area contributed by atoms with Crippen LogP contribution in [-0.2, 0) is 0 Å². The van der Waals surface area contributed by atoms with Gasteiger partial charge >= 0.3 is 0 Å². The minimum Gasteiger partial charge on any atom is -0.440 e. The summed E-state index contributed by atoms with van der Waals surface area (Å²) >= 11 is 0. The molecule has 26 heavy (non-hydrogen) atoms. The molecule has 3 heterocycles. The van der Waals surface area contributed by atoms with E-state index in [9.17, 15) is 4.79 Å². The highest BCUT2D eigenvalue weighted by molar-refractivity contribution is 5.98. The van der Waals surface area contributed by atoms with Gasteiger partial charge in [-0.05, 0) is 43.2 Å². The monoisotopic (exact) mass is 348 g/mol. The number of hydrazone groups is 1. The maximum absolute atomic E-state index is 12.5. The quantitative estimate of drug-likeness (QED) is 0.567. The second-order valence-corrected chi connectivity index (χ2v) is 6.18. The van der Waals surface area contributed by atoms with E-state index in [2.05, 4.69) is 15.4 Å². The Morgan fingerprint density at radius 2 is 1.81 bits per heavy atom. The highest BCUT2D eigenvalue weighted by atomic mass is 16.4. The maximum Gasteiger partial charge on any atom is 0.273 e. The van der Waals surface area contributed by atoms with Gasteiger partial charge in [0, 0.05) is 31.5 Å². The van der Waals surface area contributed by atoms with Crippen LogP contribution in [0.2, 0.25) is 0 Å². The van der Waals surface area contributed by atoms with Gasteiger partial charge in [-0.3, -0.25) is 4.79 Å². The highest BCUT2D eigenvalue weighted by Gasteiger charge is 2.15. The molecule has 0 unspecified atom stereocenters. The molecule has 1 N–H and O–H groups in total. The molecule has 0 bridgehead atoms. The van der Waals surface area contributed by atoms with Gasteiger partial charge in [-0.25, -0.2) is 5.43 Å². The predicted octanol–water partition coefficient (Wildman–Crippen LogP) is 3.43. The smallest absolute Gasteiger partial charge is 0.273 e. The van der Waals surface area contributed by atoms with Crippen molar-refractivity contribution in [2.75, 3.05) is 18.0 Å². The minimum atomic E-state index is -0.267. The average molecular weight is 348 g/mol. The molecule has 0 aliphatic carbocycles. The van der Waals surface area contributed by atoms with Gasteiger partial charge in [0.25, 0.3) is 5.91 Å². The average Bonchev–Trinajstić information content (AvgIpc) is 3.42. The van der Waals surface area contributed by atoms with Crippen LogP contribution in [0.15, 0.2) is 70.4 Å². The summed E-state index contributed by atoms with van der Waals surface area (Å²) in [5, 5.41) is 4.03. The summed E-state index contributed by atoms with van der Waals surface area (Å²) in [6.45, 7) is 2.05. The van der Waals surface area contributed by atoms with Gasteiger partial charge < -0.3 is 13.9 Å². The molecule has 6 heteroatoms. The Labute approximate surface area is 151 Å². The molecule has 1 amide bonds. The second-order valence-electron chi connectivity index (χ2n) is 6.18. The van der Waals surface area contributed by atoms with E-state index < -0.39 is 0 Å². The van der Waals surface area contributed by atoms with Crippen LogP contribution in [0.4, 0.5) is 5.88 Å². The summed E-state index contributed by atoms with van der Waals surface area (Å²) in [6.07, 6.45) is 7.72. The van der Waals surface area contributed by atoms with Crippen molar-refractivity contribution in [1.29, 1.82) is 0 Å². The molecule has 2 aromatic heterocycles. The molecule has 4 rings (SSSR count). The Kier molecular flexibility index (Phi) is 4.55. The van der Waals surface area contributed by atoms with E-state index in [0.29, 0.717) is 11.3 Å². The normalized spacial score (nSPS) is 14.2. The SMILES string of the molecule is O=C(N/N=C\c1ccc(N2CCCC2)o1)c1ccccc1-n1cccc1. The fourth-order valence-electron chi connectivity index (χ4n) is 3.12. The zero-order valence-corrected chi connectivity index (χ0v) is 14.3. The molecule has 1 aliphatic rings. The highest BCUT2D eigenvalue weighted by Crippen LogP contribution is 2.22. The van der Waals surface area contributed by atoms with E-state index in [1.807, 2.05) is 59.4 Å². The van der Waals surface area contributed by atoms with Crippen molar-refractivity contribution < 1.29 is 9.21 Å². The van der Waals surface area contributed by atoms with Crippen LogP contribution in [0.5, 0.6) is 0 Å². The van der Waals surface area contributed by atoms with Gasteiger partial charge in [0.2, 0.25) is 0 Å². The third-order valence-corrected chi connectivity index (χ3v) is 4.42. The number of para-hydroxylation sites is 1. The number of anilines is 1. The van der Waals surface area contributed by atoms with Gasteiger partial charge in [-0.1, -0.05) is 12.1 Å². The van der Waals surface area contributed by atoms with Gasteiger partial charge in [0.05, 0.1) is 17.5 Å². The van der Waals surface area contributed by atoms with Crippen molar-refractivity contribution in [1.82, 2.24) is 9.99 Å². The van der Waals surface area contributed by atoms with Crippen LogP contribution in [0.3, 0.4) is 0 Å². The number of furan rings is 1. The number of carbonyl (C=O) groups is 1. The van der Waals surface area contributed by atoms with Crippen LogP contribution in [0, 0.1) is 0 Å². The van der Waals surface area contributed by atoms with Gasteiger partial charge in [0.15, 0.2) is 5.88 Å². The molecule has 1 aliphatic heterocycles. The Hall–Kier alpha value is -3.28. The van der Waals surface area contributed by atoms with E-state index in [4.69, 9.17) is 4.42 Å². The largest absolute Gasteiger partial charge is 0.440 e. The van der Waals surface area contributed by atoms with E-state index in [-0.39, 0.29) is 5.91 Å². The van der Waals surface area contributed by atoms with Crippen LogP contribution in [0.25, 0.3) is 5.69 Å². The molecule has 1 aromatic carbocycles. The van der Waals surface area contributed by atoms with E-state index in [1.54, 1.807) is 6.07 Å². The van der Waals surface area contributed by atoms with Crippen molar-refractivity contribution in [2.24, 2.45) is 5.10 Å². The molecule has 0 saturated carbocycles. The first-order valence-electron chi connectivity index (χ1n) is 8.72. The standard InChI is InChI=1S/C20H20N4O2/c25-20(17-7-1-2-8-18(17)23-11-3-4-12-23)22-21-15-16-9-10-19(26-16)24-13-5-6-14-24/h1-4,7-12,15H,5-6,13-14H2,(H,22,25)/b21-15-. The number of hydrogen-bond donors (Lipinski definition) is 1. The summed E-state index contributed by atoms with van der Waals surface area (Å²) in [7, 11) is 0. The van der Waals surface area contributed by atoms with Gasteiger partial charge in [-0.15, -0.1) is 0 Å². The van der Waals surface area contributed by atoms with E-state index in [1.165, 1.54) is 19.1 Å². The van der Waals surface area contributed by atoms with Crippen LogP contribution in [0.1, 0.15) is 29.0 Å². The molecule has 132 valence electrons.